The van der Waals surface area contributed by atoms with Crippen molar-refractivity contribution in [2.75, 3.05) is 13.2 Å². The molecule has 1 fully saturated rings. The summed E-state index contributed by atoms with van der Waals surface area (Å²) in [7, 11) is 0. The third-order valence-electron chi connectivity index (χ3n) is 10.2. The number of benzene rings is 1. The summed E-state index contributed by atoms with van der Waals surface area (Å²) in [6.45, 7) is 1.28. The van der Waals surface area contributed by atoms with Gasteiger partial charge in [0, 0.05) is 18.4 Å². The lowest BCUT2D eigenvalue weighted by molar-refractivity contribution is -0.303. The van der Waals surface area contributed by atoms with Crippen molar-refractivity contribution < 1.29 is 49.7 Å². The van der Waals surface area contributed by atoms with E-state index in [1.807, 2.05) is 30.3 Å². The van der Waals surface area contributed by atoms with E-state index in [-0.39, 0.29) is 24.7 Å². The van der Waals surface area contributed by atoms with Gasteiger partial charge in [0.2, 0.25) is 5.91 Å². The fourth-order valence-corrected chi connectivity index (χ4v) is 6.76. The molecule has 1 aromatic carbocycles. The number of unbranched alkanes of at least 4 members (excludes halogenated alkanes) is 17. The highest BCUT2D eigenvalue weighted by Crippen LogP contribution is 2.23. The maximum atomic E-state index is 12.9. The van der Waals surface area contributed by atoms with Gasteiger partial charge in [-0.25, -0.2) is 0 Å². The van der Waals surface area contributed by atoms with E-state index < -0.39 is 55.6 Å². The smallest absolute Gasteiger partial charge is 0.220 e. The van der Waals surface area contributed by atoms with E-state index in [4.69, 9.17) is 9.47 Å². The molecule has 0 aliphatic carbocycles. The maximum Gasteiger partial charge on any atom is 0.220 e. The number of hydrogen-bond donors (Lipinski definition) is 7. The van der Waals surface area contributed by atoms with E-state index in [0.29, 0.717) is 19.3 Å². The van der Waals surface area contributed by atoms with Crippen LogP contribution in [-0.4, -0.2) is 104 Å². The molecule has 1 aromatic rings. The Labute approximate surface area is 312 Å². The third-order valence-corrected chi connectivity index (χ3v) is 10.2. The van der Waals surface area contributed by atoms with Crippen molar-refractivity contribution in [1.29, 1.82) is 0 Å². The van der Waals surface area contributed by atoms with Crippen molar-refractivity contribution in [1.82, 2.24) is 5.32 Å². The zero-order valence-corrected chi connectivity index (χ0v) is 31.8. The van der Waals surface area contributed by atoms with Crippen LogP contribution in [0.5, 0.6) is 0 Å². The molecule has 1 saturated heterocycles. The van der Waals surface area contributed by atoms with Crippen molar-refractivity contribution in [3.05, 3.63) is 35.9 Å². The first-order valence-corrected chi connectivity index (χ1v) is 20.3. The van der Waals surface area contributed by atoms with E-state index in [9.17, 15) is 40.2 Å². The predicted octanol–water partition coefficient (Wildman–Crippen LogP) is 5.49. The van der Waals surface area contributed by atoms with E-state index in [1.54, 1.807) is 0 Å². The van der Waals surface area contributed by atoms with Gasteiger partial charge in [0.1, 0.15) is 30.5 Å². The van der Waals surface area contributed by atoms with E-state index in [2.05, 4.69) is 12.2 Å². The van der Waals surface area contributed by atoms with Gasteiger partial charge in [0.05, 0.1) is 25.4 Å². The number of carbonyl (C=O) groups is 2. The zero-order valence-electron chi connectivity index (χ0n) is 31.8. The van der Waals surface area contributed by atoms with Crippen molar-refractivity contribution in [2.24, 2.45) is 0 Å². The number of Topliss-reactive ketones (excluding diaryl/α,β-unsaturated/α-hetero) is 1. The van der Waals surface area contributed by atoms with Crippen LogP contribution in [0.4, 0.5) is 0 Å². The van der Waals surface area contributed by atoms with E-state index in [1.165, 1.54) is 51.4 Å². The molecule has 52 heavy (non-hydrogen) atoms. The number of carbonyl (C=O) groups excluding carboxylic acids is 2. The quantitative estimate of drug-likeness (QED) is 0.0380. The van der Waals surface area contributed by atoms with Gasteiger partial charge in [-0.1, -0.05) is 146 Å². The molecule has 0 bridgehead atoms. The Morgan fingerprint density at radius 3 is 1.79 bits per heavy atom. The molecule has 0 spiro atoms. The summed E-state index contributed by atoms with van der Waals surface area (Å²) in [5, 5.41) is 64.9. The maximum absolute atomic E-state index is 12.9. The number of aliphatic hydroxyl groups is 6. The molecule has 2 unspecified atom stereocenters. The largest absolute Gasteiger partial charge is 0.394 e. The molecule has 7 N–H and O–H groups in total. The summed E-state index contributed by atoms with van der Waals surface area (Å²) in [6.07, 6.45) is 11.8. The predicted molar refractivity (Wildman–Crippen MR) is 202 cm³/mol. The van der Waals surface area contributed by atoms with E-state index >= 15 is 0 Å². The van der Waals surface area contributed by atoms with Crippen LogP contribution in [-0.2, 0) is 14.3 Å². The van der Waals surface area contributed by atoms with Gasteiger partial charge in [-0.3, -0.25) is 9.59 Å². The van der Waals surface area contributed by atoms with Crippen molar-refractivity contribution in [2.45, 2.75) is 197 Å². The highest BCUT2D eigenvalue weighted by molar-refractivity contribution is 5.95. The lowest BCUT2D eigenvalue weighted by Crippen LogP contribution is -2.60. The summed E-state index contributed by atoms with van der Waals surface area (Å²) in [6, 6.07) is 8.31. The number of aliphatic hydroxyl groups excluding tert-OH is 6. The fraction of sp³-hybridized carbons (Fsp3) is 0.805. The first kappa shape index (κ1) is 46.2. The van der Waals surface area contributed by atoms with Crippen LogP contribution in [0, 0.1) is 0 Å². The molecule has 1 heterocycles. The van der Waals surface area contributed by atoms with Gasteiger partial charge in [0.25, 0.3) is 0 Å². The monoisotopic (exact) mass is 738 g/mol. The second-order valence-electron chi connectivity index (χ2n) is 14.7. The van der Waals surface area contributed by atoms with Gasteiger partial charge in [-0.2, -0.15) is 0 Å². The standard InChI is InChI=1S/C41H71NO10/c1-2-3-4-5-6-7-8-9-10-12-16-22-27-34(45)37(47)32(30-51-41-40(50)39(49)38(48)35(29-43)52-41)42-36(46)28-23-17-14-11-13-15-21-26-33(44)31-24-19-18-20-25-31/h18-20,24-25,32,34-35,37-41,43,45,47-50H,2-17,21-23,26-30H2,1H3,(H,42,46)/t32-,34+,35?,37-,38-,39-,40?,41-/m0/s1. The van der Waals surface area contributed by atoms with Crippen LogP contribution in [0.3, 0.4) is 0 Å². The molecule has 1 aliphatic rings. The van der Waals surface area contributed by atoms with Gasteiger partial charge in [-0.15, -0.1) is 0 Å². The van der Waals surface area contributed by atoms with Crippen LogP contribution < -0.4 is 5.32 Å². The molecule has 300 valence electrons. The van der Waals surface area contributed by atoms with Crippen LogP contribution in [0.1, 0.15) is 159 Å². The molecule has 0 radical (unpaired) electrons. The first-order valence-electron chi connectivity index (χ1n) is 20.3. The second kappa shape index (κ2) is 28.5. The van der Waals surface area contributed by atoms with Crippen LogP contribution >= 0.6 is 0 Å². The molecule has 2 rings (SSSR count). The SMILES string of the molecule is CCCCCCCCCCCCCC[C@@H](O)[C@@H](O)[C@H](CO[C@H]1OC(CO)[C@H](O)[C@H](O)C1O)NC(=O)CCCCCCCCCC(=O)c1ccccc1. The van der Waals surface area contributed by atoms with Crippen LogP contribution in [0.15, 0.2) is 30.3 Å². The number of ketones is 1. The van der Waals surface area contributed by atoms with Crippen molar-refractivity contribution >= 4 is 11.7 Å². The first-order chi connectivity index (χ1) is 25.2. The Morgan fingerprint density at radius 2 is 1.23 bits per heavy atom. The lowest BCUT2D eigenvalue weighted by atomic mass is 9.98. The molecule has 11 nitrogen and oxygen atoms in total. The molecule has 11 heteroatoms. The number of amides is 1. The number of ether oxygens (including phenoxy) is 2. The van der Waals surface area contributed by atoms with Gasteiger partial charge in [-0.05, 0) is 19.3 Å². The van der Waals surface area contributed by atoms with E-state index in [0.717, 1.165) is 69.8 Å². The Morgan fingerprint density at radius 1 is 0.712 bits per heavy atom. The minimum Gasteiger partial charge on any atom is -0.394 e. The van der Waals surface area contributed by atoms with Gasteiger partial charge >= 0.3 is 0 Å². The van der Waals surface area contributed by atoms with Crippen molar-refractivity contribution in [3.63, 3.8) is 0 Å². The summed E-state index contributed by atoms with van der Waals surface area (Å²) in [5.74, 6) is -0.135. The van der Waals surface area contributed by atoms with Crippen molar-refractivity contribution in [3.8, 4) is 0 Å². The van der Waals surface area contributed by atoms with Gasteiger partial charge < -0.3 is 45.4 Å². The molecule has 1 amide bonds. The topological polar surface area (TPSA) is 186 Å². The molecule has 0 aromatic heterocycles. The molecular formula is C41H71NO10. The Hall–Kier alpha value is -1.96. The average molecular weight is 738 g/mol. The zero-order chi connectivity index (χ0) is 38.0. The minimum absolute atomic E-state index is 0.172. The number of rotatable bonds is 31. The number of nitrogens with one attached hydrogen (secondary N) is 1. The highest BCUT2D eigenvalue weighted by Gasteiger charge is 2.44. The Balaban J connectivity index is 1.73. The average Bonchev–Trinajstić information content (AvgIpc) is 3.15. The molecular weight excluding hydrogens is 666 g/mol. The molecule has 1 aliphatic heterocycles. The van der Waals surface area contributed by atoms with Crippen LogP contribution in [0.25, 0.3) is 0 Å². The van der Waals surface area contributed by atoms with Gasteiger partial charge in [0.15, 0.2) is 12.1 Å². The van der Waals surface area contributed by atoms with Crippen LogP contribution in [0.2, 0.25) is 0 Å². The Bertz CT molecular complexity index is 1040. The summed E-state index contributed by atoms with van der Waals surface area (Å²) in [5.41, 5.74) is 0.755. The number of hydrogen-bond acceptors (Lipinski definition) is 10. The minimum atomic E-state index is -1.62. The summed E-state index contributed by atoms with van der Waals surface area (Å²) < 4.78 is 11.1. The Kier molecular flexibility index (Phi) is 25.3. The normalized spacial score (nSPS) is 22.2. The second-order valence-corrected chi connectivity index (χ2v) is 14.7. The molecule has 8 atom stereocenters. The summed E-state index contributed by atoms with van der Waals surface area (Å²) in [4.78, 5) is 25.2. The third kappa shape index (κ3) is 18.9. The highest BCUT2D eigenvalue weighted by atomic mass is 16.7. The summed E-state index contributed by atoms with van der Waals surface area (Å²) >= 11 is 0. The lowest BCUT2D eigenvalue weighted by Gasteiger charge is -2.40. The molecule has 0 saturated carbocycles. The fourth-order valence-electron chi connectivity index (χ4n) is 6.76.